The van der Waals surface area contributed by atoms with Crippen molar-refractivity contribution in [3.05, 3.63) is 35.9 Å². The van der Waals surface area contributed by atoms with E-state index in [1.165, 1.54) is 6.42 Å². The van der Waals surface area contributed by atoms with E-state index in [9.17, 15) is 4.79 Å². The summed E-state index contributed by atoms with van der Waals surface area (Å²) in [6.07, 6.45) is 3.90. The van der Waals surface area contributed by atoms with Crippen LogP contribution >= 0.6 is 0 Å². The zero-order chi connectivity index (χ0) is 14.9. The van der Waals surface area contributed by atoms with Crippen molar-refractivity contribution in [2.24, 2.45) is 5.16 Å². The highest BCUT2D eigenvalue weighted by Crippen LogP contribution is 2.31. The molecule has 1 fully saturated rings. The summed E-state index contributed by atoms with van der Waals surface area (Å²) in [7, 11) is 0. The molecule has 3 rings (SSSR count). The molecule has 112 valence electrons. The molecule has 2 atom stereocenters. The molecule has 0 radical (unpaired) electrons. The Morgan fingerprint density at radius 1 is 1.33 bits per heavy atom. The van der Waals surface area contributed by atoms with Gasteiger partial charge in [-0.2, -0.15) is 0 Å². The minimum Gasteiger partial charge on any atom is -0.379 e. The van der Waals surface area contributed by atoms with Crippen LogP contribution in [0.25, 0.3) is 0 Å². The maximum atomic E-state index is 12.8. The highest BCUT2D eigenvalue weighted by Gasteiger charge is 2.45. The maximum Gasteiger partial charge on any atom is 0.269 e. The Morgan fingerprint density at radius 2 is 2.10 bits per heavy atom. The van der Waals surface area contributed by atoms with Crippen LogP contribution < -0.4 is 0 Å². The second-order valence-corrected chi connectivity index (χ2v) is 6.25. The number of amides is 1. The molecule has 4 heteroatoms. The van der Waals surface area contributed by atoms with Crippen LogP contribution in [0.1, 0.15) is 45.1 Å². The Morgan fingerprint density at radius 3 is 2.81 bits per heavy atom. The zero-order valence-corrected chi connectivity index (χ0v) is 12.7. The second kappa shape index (κ2) is 5.51. The minimum absolute atomic E-state index is 0.0735. The summed E-state index contributed by atoms with van der Waals surface area (Å²) in [5, 5.41) is 4.17. The van der Waals surface area contributed by atoms with Crippen molar-refractivity contribution in [1.82, 2.24) is 4.90 Å². The largest absolute Gasteiger partial charge is 0.379 e. The first kappa shape index (κ1) is 14.1. The number of hydrogen-bond donors (Lipinski definition) is 0. The fourth-order valence-corrected chi connectivity index (χ4v) is 3.14. The average Bonchev–Trinajstić information content (AvgIpc) is 2.92. The normalized spacial score (nSPS) is 29.0. The van der Waals surface area contributed by atoms with Gasteiger partial charge in [-0.3, -0.25) is 4.79 Å². The molecule has 1 saturated heterocycles. The first-order chi connectivity index (χ1) is 10.1. The molecule has 0 spiro atoms. The minimum atomic E-state index is -0.850. The SMILES string of the molecule is CC1CCCCN1C(=O)C1(C)CC(c2ccccc2)=NO1. The van der Waals surface area contributed by atoms with Gasteiger partial charge in [-0.1, -0.05) is 35.5 Å². The molecule has 1 aromatic carbocycles. The van der Waals surface area contributed by atoms with Crippen LogP contribution in [-0.2, 0) is 9.63 Å². The van der Waals surface area contributed by atoms with Gasteiger partial charge in [0.2, 0.25) is 5.60 Å². The van der Waals surface area contributed by atoms with Gasteiger partial charge in [0, 0.05) is 19.0 Å². The van der Waals surface area contributed by atoms with Crippen molar-refractivity contribution < 1.29 is 9.63 Å². The maximum absolute atomic E-state index is 12.8. The lowest BCUT2D eigenvalue weighted by Crippen LogP contribution is -2.52. The highest BCUT2D eigenvalue weighted by molar-refractivity contribution is 6.05. The number of benzene rings is 1. The van der Waals surface area contributed by atoms with Crippen molar-refractivity contribution in [2.45, 2.75) is 51.2 Å². The number of piperidine rings is 1. The lowest BCUT2D eigenvalue weighted by molar-refractivity contribution is -0.156. The van der Waals surface area contributed by atoms with E-state index in [4.69, 9.17) is 4.84 Å². The molecule has 0 bridgehead atoms. The van der Waals surface area contributed by atoms with Crippen LogP contribution in [0.2, 0.25) is 0 Å². The van der Waals surface area contributed by atoms with Crippen molar-refractivity contribution in [3.8, 4) is 0 Å². The van der Waals surface area contributed by atoms with E-state index >= 15 is 0 Å². The van der Waals surface area contributed by atoms with Gasteiger partial charge in [-0.05, 0) is 38.7 Å². The smallest absolute Gasteiger partial charge is 0.269 e. The average molecular weight is 286 g/mol. The van der Waals surface area contributed by atoms with E-state index in [2.05, 4.69) is 12.1 Å². The molecule has 0 saturated carbocycles. The predicted molar refractivity (Wildman–Crippen MR) is 82.1 cm³/mol. The van der Waals surface area contributed by atoms with Crippen LogP contribution in [0, 0.1) is 0 Å². The van der Waals surface area contributed by atoms with Gasteiger partial charge in [-0.15, -0.1) is 0 Å². The number of oxime groups is 1. The number of nitrogens with zero attached hydrogens (tertiary/aromatic N) is 2. The van der Waals surface area contributed by atoms with Crippen molar-refractivity contribution in [1.29, 1.82) is 0 Å². The van der Waals surface area contributed by atoms with Gasteiger partial charge < -0.3 is 9.74 Å². The quantitative estimate of drug-likeness (QED) is 0.838. The molecular formula is C17H22N2O2. The van der Waals surface area contributed by atoms with Gasteiger partial charge >= 0.3 is 0 Å². The molecule has 2 heterocycles. The predicted octanol–water partition coefficient (Wildman–Crippen LogP) is 2.97. The standard InChI is InChI=1S/C17H22N2O2/c1-13-8-6-7-11-19(13)16(20)17(2)12-15(18-21-17)14-9-4-3-5-10-14/h3-5,9-10,13H,6-8,11-12H2,1-2H3. The van der Waals surface area contributed by atoms with Crippen LogP contribution in [0.5, 0.6) is 0 Å². The van der Waals surface area contributed by atoms with Crippen LogP contribution in [0.15, 0.2) is 35.5 Å². The first-order valence-corrected chi connectivity index (χ1v) is 7.72. The van der Waals surface area contributed by atoms with Crippen molar-refractivity contribution in [2.75, 3.05) is 6.54 Å². The fourth-order valence-electron chi connectivity index (χ4n) is 3.14. The molecule has 2 aliphatic rings. The topological polar surface area (TPSA) is 41.9 Å². The van der Waals surface area contributed by atoms with E-state index in [1.54, 1.807) is 0 Å². The van der Waals surface area contributed by atoms with Crippen molar-refractivity contribution in [3.63, 3.8) is 0 Å². The molecule has 2 unspecified atom stereocenters. The number of likely N-dealkylation sites (tertiary alicyclic amines) is 1. The van der Waals surface area contributed by atoms with Gasteiger partial charge in [0.25, 0.3) is 5.91 Å². The Hall–Kier alpha value is -1.84. The first-order valence-electron chi connectivity index (χ1n) is 7.72. The monoisotopic (exact) mass is 286 g/mol. The Labute approximate surface area is 125 Å². The third kappa shape index (κ3) is 2.67. The summed E-state index contributed by atoms with van der Waals surface area (Å²) >= 11 is 0. The summed E-state index contributed by atoms with van der Waals surface area (Å²) in [4.78, 5) is 20.4. The molecule has 0 aliphatic carbocycles. The zero-order valence-electron chi connectivity index (χ0n) is 12.7. The molecule has 4 nitrogen and oxygen atoms in total. The van der Waals surface area contributed by atoms with E-state index in [0.29, 0.717) is 12.5 Å². The number of carbonyl (C=O) groups excluding carboxylic acids is 1. The molecule has 0 aromatic heterocycles. The third-order valence-electron chi connectivity index (χ3n) is 4.49. The molecule has 1 aromatic rings. The summed E-state index contributed by atoms with van der Waals surface area (Å²) in [5.41, 5.74) is 1.04. The number of rotatable bonds is 2. The van der Waals surface area contributed by atoms with Gasteiger partial charge in [-0.25, -0.2) is 0 Å². The van der Waals surface area contributed by atoms with E-state index < -0.39 is 5.60 Å². The Bertz CT molecular complexity index is 555. The molecule has 21 heavy (non-hydrogen) atoms. The van der Waals surface area contributed by atoms with Crippen molar-refractivity contribution >= 4 is 11.6 Å². The number of hydrogen-bond acceptors (Lipinski definition) is 3. The lowest BCUT2D eigenvalue weighted by Gasteiger charge is -2.37. The van der Waals surface area contributed by atoms with E-state index in [0.717, 1.165) is 30.7 Å². The fraction of sp³-hybridized carbons (Fsp3) is 0.529. The van der Waals surface area contributed by atoms with Crippen LogP contribution in [-0.4, -0.2) is 34.7 Å². The summed E-state index contributed by atoms with van der Waals surface area (Å²) < 4.78 is 0. The van der Waals surface area contributed by atoms with Gasteiger partial charge in [0.05, 0.1) is 5.71 Å². The summed E-state index contributed by atoms with van der Waals surface area (Å²) in [6, 6.07) is 10.2. The number of carbonyl (C=O) groups is 1. The molecular weight excluding hydrogens is 264 g/mol. The van der Waals surface area contributed by atoms with Crippen LogP contribution in [0.4, 0.5) is 0 Å². The second-order valence-electron chi connectivity index (χ2n) is 6.25. The van der Waals surface area contributed by atoms with Crippen LogP contribution in [0.3, 0.4) is 0 Å². The highest BCUT2D eigenvalue weighted by atomic mass is 16.7. The molecule has 0 N–H and O–H groups in total. The lowest BCUT2D eigenvalue weighted by atomic mass is 9.92. The Balaban J connectivity index is 1.73. The van der Waals surface area contributed by atoms with Gasteiger partial charge in [0.1, 0.15) is 0 Å². The summed E-state index contributed by atoms with van der Waals surface area (Å²) in [6.45, 7) is 4.81. The van der Waals surface area contributed by atoms with Gasteiger partial charge in [0.15, 0.2) is 0 Å². The third-order valence-corrected chi connectivity index (χ3v) is 4.49. The molecule has 1 amide bonds. The van der Waals surface area contributed by atoms with E-state index in [1.807, 2.05) is 42.2 Å². The summed E-state index contributed by atoms with van der Waals surface area (Å²) in [5.74, 6) is 0.0735. The van der Waals surface area contributed by atoms with E-state index in [-0.39, 0.29) is 5.91 Å². The molecule has 2 aliphatic heterocycles. The Kier molecular flexibility index (Phi) is 3.70.